The zero-order valence-electron chi connectivity index (χ0n) is 14.8. The van der Waals surface area contributed by atoms with Gasteiger partial charge in [-0.1, -0.05) is 33.1 Å². The van der Waals surface area contributed by atoms with Crippen LogP contribution in [0.5, 0.6) is 0 Å². The minimum absolute atomic E-state index is 0.00370. The molecule has 1 N–H and O–H groups in total. The summed E-state index contributed by atoms with van der Waals surface area (Å²) in [5.74, 6) is -0.0424. The van der Waals surface area contributed by atoms with Crippen LogP contribution < -0.4 is 5.32 Å². The Kier molecular flexibility index (Phi) is 5.51. The fourth-order valence-corrected chi connectivity index (χ4v) is 3.67. The Morgan fingerprint density at radius 1 is 1.42 bits per heavy atom. The SMILES string of the molecule is CCCCCC(C)C(=O)OC1NCC12CN(Cc1ccncc1)C2. The lowest BCUT2D eigenvalue weighted by Crippen LogP contribution is -2.77. The summed E-state index contributed by atoms with van der Waals surface area (Å²) >= 11 is 0. The second-order valence-electron chi connectivity index (χ2n) is 7.46. The number of aromatic nitrogens is 1. The van der Waals surface area contributed by atoms with Crippen molar-refractivity contribution in [3.05, 3.63) is 30.1 Å². The van der Waals surface area contributed by atoms with Crippen LogP contribution >= 0.6 is 0 Å². The molecule has 5 nitrogen and oxygen atoms in total. The van der Waals surface area contributed by atoms with E-state index in [0.29, 0.717) is 0 Å². The Bertz CT molecular complexity index is 543. The molecule has 0 amide bonds. The molecule has 0 bridgehead atoms. The predicted octanol–water partition coefficient (Wildman–Crippen LogP) is 2.57. The highest BCUT2D eigenvalue weighted by atomic mass is 16.6. The van der Waals surface area contributed by atoms with Gasteiger partial charge in [0, 0.05) is 38.6 Å². The lowest BCUT2D eigenvalue weighted by Gasteiger charge is -2.59. The maximum atomic E-state index is 12.3. The van der Waals surface area contributed by atoms with E-state index in [4.69, 9.17) is 4.74 Å². The lowest BCUT2D eigenvalue weighted by molar-refractivity contribution is -0.203. The van der Waals surface area contributed by atoms with E-state index in [1.165, 1.54) is 18.4 Å². The van der Waals surface area contributed by atoms with Crippen LogP contribution in [0.25, 0.3) is 0 Å². The number of ether oxygens (including phenoxy) is 1. The van der Waals surface area contributed by atoms with Crippen molar-refractivity contribution in [2.45, 2.75) is 52.3 Å². The first-order valence-electron chi connectivity index (χ1n) is 9.18. The highest BCUT2D eigenvalue weighted by Gasteiger charge is 2.56. The quantitative estimate of drug-likeness (QED) is 0.586. The molecule has 1 spiro atoms. The van der Waals surface area contributed by atoms with E-state index < -0.39 is 0 Å². The summed E-state index contributed by atoms with van der Waals surface area (Å²) < 4.78 is 5.75. The van der Waals surface area contributed by atoms with Gasteiger partial charge in [-0.15, -0.1) is 0 Å². The molecule has 2 saturated heterocycles. The third-order valence-corrected chi connectivity index (χ3v) is 5.31. The van der Waals surface area contributed by atoms with Gasteiger partial charge in [-0.2, -0.15) is 0 Å². The van der Waals surface area contributed by atoms with Gasteiger partial charge < -0.3 is 4.74 Å². The third-order valence-electron chi connectivity index (χ3n) is 5.31. The summed E-state index contributed by atoms with van der Waals surface area (Å²) in [6.07, 6.45) is 7.97. The molecule has 2 fully saturated rings. The van der Waals surface area contributed by atoms with Crippen molar-refractivity contribution in [2.75, 3.05) is 19.6 Å². The van der Waals surface area contributed by atoms with Crippen molar-refractivity contribution in [3.8, 4) is 0 Å². The van der Waals surface area contributed by atoms with E-state index >= 15 is 0 Å². The van der Waals surface area contributed by atoms with Crippen LogP contribution in [0.1, 0.15) is 45.1 Å². The summed E-state index contributed by atoms with van der Waals surface area (Å²) in [6.45, 7) is 8.04. The average Bonchev–Trinajstić information content (AvgIpc) is 2.55. The maximum Gasteiger partial charge on any atom is 0.310 e. The Balaban J connectivity index is 1.42. The number of carbonyl (C=O) groups is 1. The number of likely N-dealkylation sites (tertiary alicyclic amines) is 1. The van der Waals surface area contributed by atoms with E-state index in [2.05, 4.69) is 34.3 Å². The van der Waals surface area contributed by atoms with Crippen LogP contribution in [-0.2, 0) is 16.1 Å². The molecule has 2 aliphatic heterocycles. The molecule has 2 aliphatic rings. The van der Waals surface area contributed by atoms with Crippen molar-refractivity contribution in [1.29, 1.82) is 0 Å². The summed E-state index contributed by atoms with van der Waals surface area (Å²) in [7, 11) is 0. The number of nitrogens with one attached hydrogen (secondary N) is 1. The molecule has 0 aromatic carbocycles. The number of rotatable bonds is 8. The molecule has 24 heavy (non-hydrogen) atoms. The van der Waals surface area contributed by atoms with Crippen molar-refractivity contribution >= 4 is 5.97 Å². The number of hydrogen-bond acceptors (Lipinski definition) is 5. The molecule has 2 atom stereocenters. The summed E-state index contributed by atoms with van der Waals surface area (Å²) in [4.78, 5) is 18.7. The van der Waals surface area contributed by atoms with Crippen LogP contribution in [0.4, 0.5) is 0 Å². The standard InChI is InChI=1S/C19H29N3O2/c1-3-4-5-6-15(2)17(23)24-18-19(12-21-18)13-22(14-19)11-16-7-9-20-10-8-16/h7-10,15,18,21H,3-6,11-14H2,1-2H3. The van der Waals surface area contributed by atoms with Gasteiger partial charge in [-0.3, -0.25) is 20.0 Å². The molecule has 1 aromatic rings. The van der Waals surface area contributed by atoms with Gasteiger partial charge in [0.05, 0.1) is 11.3 Å². The van der Waals surface area contributed by atoms with Crippen molar-refractivity contribution in [2.24, 2.45) is 11.3 Å². The molecule has 132 valence electrons. The molecule has 5 heteroatoms. The Morgan fingerprint density at radius 2 is 2.17 bits per heavy atom. The smallest absolute Gasteiger partial charge is 0.310 e. The maximum absolute atomic E-state index is 12.3. The van der Waals surface area contributed by atoms with Gasteiger partial charge in [0.2, 0.25) is 0 Å². The molecule has 2 unspecified atom stereocenters. The first-order chi connectivity index (χ1) is 11.6. The fraction of sp³-hybridized carbons (Fsp3) is 0.684. The fourth-order valence-electron chi connectivity index (χ4n) is 3.67. The minimum atomic E-state index is -0.104. The molecule has 0 aliphatic carbocycles. The molecular formula is C19H29N3O2. The van der Waals surface area contributed by atoms with Crippen LogP contribution in [0.3, 0.4) is 0 Å². The predicted molar refractivity (Wildman–Crippen MR) is 93.1 cm³/mol. The molecule has 1 aromatic heterocycles. The Morgan fingerprint density at radius 3 is 2.79 bits per heavy atom. The van der Waals surface area contributed by atoms with Crippen molar-refractivity contribution in [1.82, 2.24) is 15.2 Å². The molecule has 0 radical (unpaired) electrons. The van der Waals surface area contributed by atoms with Gasteiger partial charge in [-0.25, -0.2) is 0 Å². The number of esters is 1. The van der Waals surface area contributed by atoms with Crippen LogP contribution in [0.2, 0.25) is 0 Å². The minimum Gasteiger partial charge on any atom is -0.446 e. The monoisotopic (exact) mass is 331 g/mol. The number of nitrogens with zero attached hydrogens (tertiary/aromatic N) is 2. The molecule has 3 rings (SSSR count). The van der Waals surface area contributed by atoms with Crippen molar-refractivity contribution in [3.63, 3.8) is 0 Å². The van der Waals surface area contributed by atoms with Gasteiger partial charge in [0.15, 0.2) is 6.23 Å². The second-order valence-corrected chi connectivity index (χ2v) is 7.46. The third kappa shape index (κ3) is 3.78. The Labute approximate surface area is 144 Å². The second kappa shape index (κ2) is 7.62. The highest BCUT2D eigenvalue weighted by molar-refractivity contribution is 5.72. The van der Waals surface area contributed by atoms with Crippen molar-refractivity contribution < 1.29 is 9.53 Å². The van der Waals surface area contributed by atoms with Gasteiger partial charge in [-0.05, 0) is 24.1 Å². The van der Waals surface area contributed by atoms with Gasteiger partial charge in [0.1, 0.15) is 0 Å². The van der Waals surface area contributed by atoms with E-state index in [9.17, 15) is 4.79 Å². The van der Waals surface area contributed by atoms with E-state index in [-0.39, 0.29) is 23.5 Å². The van der Waals surface area contributed by atoms with Crippen LogP contribution in [0.15, 0.2) is 24.5 Å². The lowest BCUT2D eigenvalue weighted by atomic mass is 9.72. The van der Waals surface area contributed by atoms with E-state index in [1.807, 2.05) is 19.3 Å². The van der Waals surface area contributed by atoms with E-state index in [1.54, 1.807) is 0 Å². The van der Waals surface area contributed by atoms with Gasteiger partial charge >= 0.3 is 5.97 Å². The van der Waals surface area contributed by atoms with E-state index in [0.717, 1.165) is 39.0 Å². The number of unbranched alkanes of at least 4 members (excludes halogenated alkanes) is 2. The summed E-state index contributed by atoms with van der Waals surface area (Å²) in [5, 5.41) is 3.30. The first kappa shape index (κ1) is 17.4. The van der Waals surface area contributed by atoms with Gasteiger partial charge in [0.25, 0.3) is 0 Å². The topological polar surface area (TPSA) is 54.5 Å². The number of hydrogen-bond donors (Lipinski definition) is 1. The largest absolute Gasteiger partial charge is 0.446 e. The summed E-state index contributed by atoms with van der Waals surface area (Å²) in [5.41, 5.74) is 1.41. The highest BCUT2D eigenvalue weighted by Crippen LogP contribution is 2.41. The summed E-state index contributed by atoms with van der Waals surface area (Å²) in [6, 6.07) is 4.11. The van der Waals surface area contributed by atoms with Crippen LogP contribution in [0, 0.1) is 11.3 Å². The molecule has 3 heterocycles. The average molecular weight is 331 g/mol. The Hall–Kier alpha value is -1.46. The molecular weight excluding hydrogens is 302 g/mol. The first-order valence-corrected chi connectivity index (χ1v) is 9.18. The number of carbonyl (C=O) groups excluding carboxylic acids is 1. The molecule has 0 saturated carbocycles. The normalized spacial score (nSPS) is 23.3. The number of pyridine rings is 1. The van der Waals surface area contributed by atoms with Crippen LogP contribution in [-0.4, -0.2) is 41.7 Å². The zero-order chi connectivity index (χ0) is 17.0. The zero-order valence-corrected chi connectivity index (χ0v) is 14.8.